The summed E-state index contributed by atoms with van der Waals surface area (Å²) >= 11 is 0. The van der Waals surface area contributed by atoms with Gasteiger partial charge in [-0.25, -0.2) is 9.97 Å². The molecule has 0 aliphatic heterocycles. The number of aromatic nitrogens is 3. The number of hydrogen-bond acceptors (Lipinski definition) is 3. The van der Waals surface area contributed by atoms with Gasteiger partial charge >= 0.3 is 0 Å². The number of pyridine rings is 1. The largest absolute Gasteiger partial charge is 0.355 e. The molecule has 26 heavy (non-hydrogen) atoms. The van der Waals surface area contributed by atoms with Crippen molar-refractivity contribution in [1.29, 1.82) is 0 Å². The number of para-hydroxylation sites is 2. The summed E-state index contributed by atoms with van der Waals surface area (Å²) in [6.07, 6.45) is 0. The fourth-order valence-electron chi connectivity index (χ4n) is 3.31. The van der Waals surface area contributed by atoms with Gasteiger partial charge in [-0.2, -0.15) is 0 Å². The summed E-state index contributed by atoms with van der Waals surface area (Å²) in [7, 11) is 0. The fourth-order valence-corrected chi connectivity index (χ4v) is 3.31. The number of nitrogens with one attached hydrogen (secondary N) is 1. The molecule has 5 nitrogen and oxygen atoms in total. The molecule has 0 saturated heterocycles. The second-order valence-electron chi connectivity index (χ2n) is 6.40. The maximum atomic E-state index is 11.3. The predicted molar refractivity (Wildman–Crippen MR) is 104 cm³/mol. The average Bonchev–Trinajstić information content (AvgIpc) is 3.01. The molecular formula is C21H20N4O. The van der Waals surface area contributed by atoms with E-state index in [-0.39, 0.29) is 5.91 Å². The van der Waals surface area contributed by atoms with Gasteiger partial charge in [-0.1, -0.05) is 36.4 Å². The molecule has 0 fully saturated rings. The standard InChI is InChI=1S/C21H20N4O/c1-14-6-5-9-18-20(14)25(13-12-22-15(2)26)21(24-18)19-11-10-16-7-3-4-8-17(16)23-19/h3-11H,12-13H2,1-2H3,(H,22,26). The predicted octanol–water partition coefficient (Wildman–Crippen LogP) is 3.70. The van der Waals surface area contributed by atoms with Gasteiger partial charge in [-0.3, -0.25) is 4.79 Å². The summed E-state index contributed by atoms with van der Waals surface area (Å²) in [6, 6.07) is 18.2. The number of imidazole rings is 1. The first-order valence-electron chi connectivity index (χ1n) is 8.70. The highest BCUT2D eigenvalue weighted by molar-refractivity contribution is 5.85. The molecule has 0 saturated carbocycles. The van der Waals surface area contributed by atoms with E-state index in [2.05, 4.69) is 35.0 Å². The molecular weight excluding hydrogens is 324 g/mol. The molecule has 0 unspecified atom stereocenters. The van der Waals surface area contributed by atoms with E-state index in [0.717, 1.165) is 39.0 Å². The first kappa shape index (κ1) is 16.3. The van der Waals surface area contributed by atoms with Crippen LogP contribution in [-0.4, -0.2) is 27.0 Å². The second-order valence-corrected chi connectivity index (χ2v) is 6.40. The minimum absolute atomic E-state index is 0.0310. The van der Waals surface area contributed by atoms with E-state index in [0.29, 0.717) is 13.1 Å². The summed E-state index contributed by atoms with van der Waals surface area (Å²) in [4.78, 5) is 20.9. The molecule has 4 rings (SSSR count). The highest BCUT2D eigenvalue weighted by Crippen LogP contribution is 2.27. The molecule has 4 aromatic rings. The fraction of sp³-hybridized carbons (Fsp3) is 0.190. The van der Waals surface area contributed by atoms with E-state index in [1.807, 2.05) is 36.4 Å². The maximum absolute atomic E-state index is 11.3. The summed E-state index contributed by atoms with van der Waals surface area (Å²) in [5.41, 5.74) is 4.97. The molecule has 2 heterocycles. The molecule has 1 amide bonds. The number of fused-ring (bicyclic) bond motifs is 2. The Balaban J connectivity index is 1.86. The van der Waals surface area contributed by atoms with Crippen LogP contribution in [-0.2, 0) is 11.3 Å². The Kier molecular flexibility index (Phi) is 4.13. The summed E-state index contributed by atoms with van der Waals surface area (Å²) in [5, 5.41) is 3.97. The molecule has 1 N–H and O–H groups in total. The first-order valence-corrected chi connectivity index (χ1v) is 8.70. The molecule has 2 aromatic heterocycles. The lowest BCUT2D eigenvalue weighted by Gasteiger charge is -2.11. The number of benzene rings is 2. The molecule has 0 aliphatic rings. The van der Waals surface area contributed by atoms with Crippen LogP contribution in [0.15, 0.2) is 54.6 Å². The van der Waals surface area contributed by atoms with Gasteiger partial charge in [0.1, 0.15) is 5.69 Å². The van der Waals surface area contributed by atoms with E-state index in [9.17, 15) is 4.79 Å². The van der Waals surface area contributed by atoms with Gasteiger partial charge in [0.25, 0.3) is 0 Å². The number of aryl methyl sites for hydroxylation is 1. The van der Waals surface area contributed by atoms with Crippen molar-refractivity contribution in [2.24, 2.45) is 0 Å². The highest BCUT2D eigenvalue weighted by atomic mass is 16.1. The Morgan fingerprint density at radius 2 is 1.81 bits per heavy atom. The Labute approximate surface area is 151 Å². The van der Waals surface area contributed by atoms with Crippen LogP contribution >= 0.6 is 0 Å². The van der Waals surface area contributed by atoms with Crippen LogP contribution in [0.4, 0.5) is 0 Å². The number of amides is 1. The molecule has 0 bridgehead atoms. The Morgan fingerprint density at radius 1 is 1.00 bits per heavy atom. The first-order chi connectivity index (χ1) is 12.6. The van der Waals surface area contributed by atoms with Gasteiger partial charge in [0, 0.05) is 25.4 Å². The number of rotatable bonds is 4. The second kappa shape index (κ2) is 6.59. The minimum atomic E-state index is -0.0310. The highest BCUT2D eigenvalue weighted by Gasteiger charge is 2.15. The van der Waals surface area contributed by atoms with E-state index in [1.54, 1.807) is 0 Å². The number of nitrogens with zero attached hydrogens (tertiary/aromatic N) is 3. The van der Waals surface area contributed by atoms with Gasteiger partial charge < -0.3 is 9.88 Å². The van der Waals surface area contributed by atoms with Crippen LogP contribution in [0.5, 0.6) is 0 Å². The number of carbonyl (C=O) groups excluding carboxylic acids is 1. The third-order valence-electron chi connectivity index (χ3n) is 4.51. The molecule has 5 heteroatoms. The number of carbonyl (C=O) groups is 1. The van der Waals surface area contributed by atoms with Crippen molar-refractivity contribution in [2.45, 2.75) is 20.4 Å². The normalized spacial score (nSPS) is 11.2. The van der Waals surface area contributed by atoms with E-state index in [4.69, 9.17) is 9.97 Å². The SMILES string of the molecule is CC(=O)NCCn1c(-c2ccc3ccccc3n2)nc2cccc(C)c21. The monoisotopic (exact) mass is 344 g/mol. The van der Waals surface area contributed by atoms with Crippen molar-refractivity contribution in [1.82, 2.24) is 19.9 Å². The lowest BCUT2D eigenvalue weighted by atomic mass is 10.2. The van der Waals surface area contributed by atoms with Crippen molar-refractivity contribution >= 4 is 27.8 Å². The smallest absolute Gasteiger partial charge is 0.216 e. The van der Waals surface area contributed by atoms with Crippen LogP contribution in [0.2, 0.25) is 0 Å². The van der Waals surface area contributed by atoms with Gasteiger partial charge in [0.15, 0.2) is 5.82 Å². The average molecular weight is 344 g/mol. The lowest BCUT2D eigenvalue weighted by molar-refractivity contribution is -0.118. The van der Waals surface area contributed by atoms with Crippen LogP contribution in [0.3, 0.4) is 0 Å². The molecule has 2 aromatic carbocycles. The van der Waals surface area contributed by atoms with Crippen molar-refractivity contribution in [3.05, 3.63) is 60.2 Å². The third-order valence-corrected chi connectivity index (χ3v) is 4.51. The summed E-state index contributed by atoms with van der Waals surface area (Å²) in [5.74, 6) is 0.793. The maximum Gasteiger partial charge on any atom is 0.216 e. The van der Waals surface area contributed by atoms with Crippen LogP contribution in [0, 0.1) is 6.92 Å². The van der Waals surface area contributed by atoms with E-state index >= 15 is 0 Å². The zero-order chi connectivity index (χ0) is 18.1. The molecule has 0 atom stereocenters. The minimum Gasteiger partial charge on any atom is -0.355 e. The van der Waals surface area contributed by atoms with E-state index < -0.39 is 0 Å². The molecule has 0 radical (unpaired) electrons. The molecule has 130 valence electrons. The zero-order valence-corrected chi connectivity index (χ0v) is 14.9. The van der Waals surface area contributed by atoms with Crippen LogP contribution in [0.25, 0.3) is 33.5 Å². The third kappa shape index (κ3) is 2.92. The Morgan fingerprint density at radius 3 is 2.65 bits per heavy atom. The lowest BCUT2D eigenvalue weighted by Crippen LogP contribution is -2.24. The van der Waals surface area contributed by atoms with Gasteiger partial charge in [-0.05, 0) is 30.7 Å². The van der Waals surface area contributed by atoms with Crippen molar-refractivity contribution in [3.8, 4) is 11.5 Å². The van der Waals surface area contributed by atoms with Gasteiger partial charge in [-0.15, -0.1) is 0 Å². The van der Waals surface area contributed by atoms with Gasteiger partial charge in [0.2, 0.25) is 5.91 Å². The zero-order valence-electron chi connectivity index (χ0n) is 14.9. The Hall–Kier alpha value is -3.21. The Bertz CT molecular complexity index is 1110. The molecule has 0 spiro atoms. The van der Waals surface area contributed by atoms with E-state index in [1.165, 1.54) is 6.92 Å². The number of hydrogen-bond donors (Lipinski definition) is 1. The van der Waals surface area contributed by atoms with Crippen molar-refractivity contribution in [3.63, 3.8) is 0 Å². The summed E-state index contributed by atoms with van der Waals surface area (Å²) < 4.78 is 2.15. The van der Waals surface area contributed by atoms with Crippen LogP contribution in [0.1, 0.15) is 12.5 Å². The summed E-state index contributed by atoms with van der Waals surface area (Å²) in [6.45, 7) is 4.81. The van der Waals surface area contributed by atoms with Crippen molar-refractivity contribution in [2.75, 3.05) is 6.54 Å². The van der Waals surface area contributed by atoms with Crippen molar-refractivity contribution < 1.29 is 4.79 Å². The van der Waals surface area contributed by atoms with Crippen LogP contribution < -0.4 is 5.32 Å². The molecule has 0 aliphatic carbocycles. The quantitative estimate of drug-likeness (QED) is 0.614. The topological polar surface area (TPSA) is 59.8 Å². The van der Waals surface area contributed by atoms with Gasteiger partial charge in [0.05, 0.1) is 16.6 Å².